The van der Waals surface area contributed by atoms with Gasteiger partial charge in [-0.1, -0.05) is 45.4 Å². The Balaban J connectivity index is 4.80. The number of aliphatic carboxylic acids is 1. The summed E-state index contributed by atoms with van der Waals surface area (Å²) in [4.78, 5) is 10.7. The monoisotopic (exact) mass is 320 g/mol. The van der Waals surface area contributed by atoms with Gasteiger partial charge in [0, 0.05) is 5.57 Å². The highest BCUT2D eigenvalue weighted by molar-refractivity contribution is 8.22. The van der Waals surface area contributed by atoms with Crippen LogP contribution in [0, 0.1) is 0 Å². The number of unbranched alkanes of at least 4 members (excludes halogenated alkanes) is 1. The van der Waals surface area contributed by atoms with Crippen LogP contribution in [0.5, 0.6) is 0 Å². The zero-order chi connectivity index (χ0) is 15.5. The van der Waals surface area contributed by atoms with Crippen LogP contribution in [-0.4, -0.2) is 32.7 Å². The first-order chi connectivity index (χ1) is 8.33. The van der Waals surface area contributed by atoms with Crippen LogP contribution in [0.1, 0.15) is 19.8 Å². The molecule has 112 valence electrons. The predicted octanol–water partition coefficient (Wildman–Crippen LogP) is 4.83. The Morgan fingerprint density at radius 2 is 1.53 bits per heavy atom. The Kier molecular flexibility index (Phi) is 6.51. The van der Waals surface area contributed by atoms with Gasteiger partial charge in [-0.2, -0.15) is 0 Å². The van der Waals surface area contributed by atoms with Crippen LogP contribution in [0.15, 0.2) is 11.6 Å². The fraction of sp³-hybridized carbons (Fsp3) is 0.769. The third kappa shape index (κ3) is 5.05. The minimum Gasteiger partial charge on any atom is -0.478 e. The first kappa shape index (κ1) is 18.9. The van der Waals surface area contributed by atoms with Crippen molar-refractivity contribution in [2.45, 2.75) is 59.0 Å². The Morgan fingerprint density at radius 1 is 1.11 bits per heavy atom. The number of carbonyl (C=O) groups is 1. The summed E-state index contributed by atoms with van der Waals surface area (Å²) in [6, 6.07) is 0. The van der Waals surface area contributed by atoms with Crippen molar-refractivity contribution in [2.75, 3.05) is 6.16 Å². The summed E-state index contributed by atoms with van der Waals surface area (Å²) in [5.41, 5.74) is 0.385. The van der Waals surface area contributed by atoms with Crippen molar-refractivity contribution in [1.29, 1.82) is 0 Å². The molecule has 0 fully saturated rings. The van der Waals surface area contributed by atoms with Gasteiger partial charge in [0.05, 0.1) is 6.24 Å². The van der Waals surface area contributed by atoms with Gasteiger partial charge in [-0.05, 0) is 25.9 Å². The van der Waals surface area contributed by atoms with Crippen molar-refractivity contribution in [1.82, 2.24) is 0 Å². The van der Waals surface area contributed by atoms with Gasteiger partial charge in [-0.3, -0.25) is 0 Å². The summed E-state index contributed by atoms with van der Waals surface area (Å²) in [5, 5.41) is 8.79. The van der Waals surface area contributed by atoms with Gasteiger partial charge in [-0.15, -0.1) is 0 Å². The predicted molar refractivity (Wildman–Crippen MR) is 89.8 cm³/mol. The van der Waals surface area contributed by atoms with Gasteiger partial charge in [0.1, 0.15) is 15.5 Å². The van der Waals surface area contributed by atoms with Crippen LogP contribution >= 0.6 is 6.24 Å². The molecule has 0 unspecified atom stereocenters. The molecular formula is C13H29O3PSi2. The highest BCUT2D eigenvalue weighted by Crippen LogP contribution is 2.62. The minimum absolute atomic E-state index is 0.385. The molecule has 0 aliphatic rings. The summed E-state index contributed by atoms with van der Waals surface area (Å²) in [7, 11) is -3.33. The first-order valence-electron chi connectivity index (χ1n) is 6.82. The van der Waals surface area contributed by atoms with Crippen molar-refractivity contribution < 1.29 is 14.5 Å². The van der Waals surface area contributed by atoms with E-state index >= 15 is 0 Å². The lowest BCUT2D eigenvalue weighted by Crippen LogP contribution is -2.37. The molecule has 0 atom stereocenters. The highest BCUT2D eigenvalue weighted by Gasteiger charge is 2.47. The molecular weight excluding hydrogens is 291 g/mol. The molecule has 6 heteroatoms. The van der Waals surface area contributed by atoms with E-state index in [1.165, 1.54) is 0 Å². The third-order valence-electron chi connectivity index (χ3n) is 3.63. The quantitative estimate of drug-likeness (QED) is 0.316. The summed E-state index contributed by atoms with van der Waals surface area (Å²) >= 11 is 0. The molecule has 0 radical (unpaired) electrons. The van der Waals surface area contributed by atoms with Gasteiger partial charge in [0.2, 0.25) is 0 Å². The molecule has 19 heavy (non-hydrogen) atoms. The highest BCUT2D eigenvalue weighted by atomic mass is 31.6. The molecule has 0 aliphatic heterocycles. The molecule has 1 N–H and O–H groups in total. The van der Waals surface area contributed by atoms with Crippen LogP contribution in [0.2, 0.25) is 39.3 Å². The van der Waals surface area contributed by atoms with Crippen molar-refractivity contribution >= 4 is 27.7 Å². The van der Waals surface area contributed by atoms with Gasteiger partial charge in [-0.25, -0.2) is 4.79 Å². The van der Waals surface area contributed by atoms with Crippen molar-refractivity contribution in [3.8, 4) is 0 Å². The normalized spacial score (nSPS) is 14.6. The van der Waals surface area contributed by atoms with E-state index < -0.39 is 27.7 Å². The smallest absolute Gasteiger partial charge is 0.330 e. The number of rotatable bonds is 7. The average Bonchev–Trinajstić information content (AvgIpc) is 2.20. The van der Waals surface area contributed by atoms with E-state index in [-0.39, 0.29) is 0 Å². The molecule has 0 amide bonds. The van der Waals surface area contributed by atoms with Gasteiger partial charge in [0.15, 0.2) is 0 Å². The van der Waals surface area contributed by atoms with Gasteiger partial charge >= 0.3 is 5.97 Å². The minimum atomic E-state index is -2.07. The molecule has 0 heterocycles. The molecule has 0 bridgehead atoms. The van der Waals surface area contributed by atoms with Gasteiger partial charge < -0.3 is 9.67 Å². The van der Waals surface area contributed by atoms with Crippen LogP contribution in [0.4, 0.5) is 0 Å². The first-order valence-corrected chi connectivity index (χ1v) is 17.4. The molecule has 3 nitrogen and oxygen atoms in total. The van der Waals surface area contributed by atoms with E-state index in [1.807, 2.05) is 0 Å². The van der Waals surface area contributed by atoms with Crippen LogP contribution in [0.3, 0.4) is 0 Å². The second-order valence-corrected chi connectivity index (χ2v) is 31.5. The second kappa shape index (κ2) is 6.55. The number of hydrogen-bond acceptors (Lipinski definition) is 2. The fourth-order valence-electron chi connectivity index (χ4n) is 2.40. The molecule has 0 spiro atoms. The van der Waals surface area contributed by atoms with E-state index in [0.717, 1.165) is 19.0 Å². The lowest BCUT2D eigenvalue weighted by atomic mass is 10.2. The Bertz CT molecular complexity index is 385. The summed E-state index contributed by atoms with van der Waals surface area (Å²) in [6.45, 7) is 14.9. The Labute approximate surface area is 119 Å². The van der Waals surface area contributed by atoms with Crippen molar-refractivity contribution in [3.05, 3.63) is 11.6 Å². The topological polar surface area (TPSA) is 54.4 Å². The molecule has 0 aromatic heterocycles. The van der Waals surface area contributed by atoms with Crippen LogP contribution < -0.4 is 0 Å². The number of carboxylic acid groups (broad SMARTS) is 1. The molecule has 0 rings (SSSR count). The van der Waals surface area contributed by atoms with Crippen molar-refractivity contribution in [2.24, 2.45) is 0 Å². The standard InChI is InChI=1S/C13H29O3PSi2/c1-12(13(14)15)10-8-9-11-17(16,18(2,3)4)19(5,6)7/h10H,8-9,11H2,1-7H3,(H,14,15). The third-order valence-corrected chi connectivity index (χ3v) is 35.3. The number of carboxylic acids is 1. The summed E-state index contributed by atoms with van der Waals surface area (Å²) < 4.78 is 13.4. The fourth-order valence-corrected chi connectivity index (χ4v) is 35.5. The number of allylic oxidation sites excluding steroid dienone is 1. The summed E-state index contributed by atoms with van der Waals surface area (Å²) in [6.07, 6.45) is 2.04. The molecule has 0 saturated carbocycles. The molecule has 0 aromatic carbocycles. The summed E-state index contributed by atoms with van der Waals surface area (Å²) in [5.74, 6) is -0.862. The van der Waals surface area contributed by atoms with E-state index in [9.17, 15) is 9.36 Å². The maximum Gasteiger partial charge on any atom is 0.330 e. The molecule has 0 aliphatic carbocycles. The lowest BCUT2D eigenvalue weighted by Gasteiger charge is -2.39. The van der Waals surface area contributed by atoms with Crippen LogP contribution in [-0.2, 0) is 9.36 Å². The average molecular weight is 321 g/mol. The maximum absolute atomic E-state index is 13.4. The largest absolute Gasteiger partial charge is 0.478 e. The second-order valence-electron chi connectivity index (χ2n) is 7.14. The van der Waals surface area contributed by atoms with E-state index in [1.54, 1.807) is 13.0 Å². The van der Waals surface area contributed by atoms with Gasteiger partial charge in [0.25, 0.3) is 0 Å². The lowest BCUT2D eigenvalue weighted by molar-refractivity contribution is -0.132. The SMILES string of the molecule is CC(=CCCCP(=O)([Si](C)(C)C)[Si](C)(C)C)C(=O)O. The molecule has 0 saturated heterocycles. The van der Waals surface area contributed by atoms with E-state index in [0.29, 0.717) is 5.57 Å². The number of hydrogen-bond donors (Lipinski definition) is 1. The van der Waals surface area contributed by atoms with E-state index in [2.05, 4.69) is 39.3 Å². The zero-order valence-electron chi connectivity index (χ0n) is 13.4. The molecule has 0 aromatic rings. The maximum atomic E-state index is 13.4. The van der Waals surface area contributed by atoms with E-state index in [4.69, 9.17) is 5.11 Å². The van der Waals surface area contributed by atoms with Crippen molar-refractivity contribution in [3.63, 3.8) is 0 Å². The Hall–Kier alpha value is -0.126. The van der Waals surface area contributed by atoms with Crippen LogP contribution in [0.25, 0.3) is 0 Å². The Morgan fingerprint density at radius 3 is 1.84 bits per heavy atom. The zero-order valence-corrected chi connectivity index (χ0v) is 16.3.